The van der Waals surface area contributed by atoms with Crippen molar-refractivity contribution in [1.82, 2.24) is 10.3 Å². The molecule has 1 aromatic heterocycles. The predicted octanol–water partition coefficient (Wildman–Crippen LogP) is 1.42. The van der Waals surface area contributed by atoms with Gasteiger partial charge in [-0.3, -0.25) is 0 Å². The lowest BCUT2D eigenvalue weighted by Gasteiger charge is -2.15. The summed E-state index contributed by atoms with van der Waals surface area (Å²) in [6.45, 7) is 5.30. The average Bonchev–Trinajstić information content (AvgIpc) is 2.58. The van der Waals surface area contributed by atoms with Crippen LogP contribution in [0, 0.1) is 5.92 Å². The quantitative estimate of drug-likeness (QED) is 0.755. The van der Waals surface area contributed by atoms with Crippen LogP contribution in [0.2, 0.25) is 0 Å². The van der Waals surface area contributed by atoms with Crippen LogP contribution >= 0.6 is 11.3 Å². The Morgan fingerprint density at radius 1 is 1.62 bits per heavy atom. The van der Waals surface area contributed by atoms with Gasteiger partial charge < -0.3 is 10.4 Å². The number of aliphatic hydroxyl groups is 1. The summed E-state index contributed by atoms with van der Waals surface area (Å²) in [7, 11) is 0. The molecule has 0 amide bonds. The maximum absolute atomic E-state index is 9.11. The molecule has 1 unspecified atom stereocenters. The Hall–Kier alpha value is -0.450. The average molecular weight is 200 g/mol. The summed E-state index contributed by atoms with van der Waals surface area (Å²) in [5.41, 5.74) is 2.72. The molecule has 1 rings (SSSR count). The number of aliphatic hydroxyl groups excluding tert-OH is 1. The van der Waals surface area contributed by atoms with Crippen LogP contribution in [0.1, 0.15) is 25.6 Å². The monoisotopic (exact) mass is 200 g/mol. The molecule has 0 spiro atoms. The Morgan fingerprint density at radius 2 is 2.38 bits per heavy atom. The van der Waals surface area contributed by atoms with Crippen LogP contribution in [0.5, 0.6) is 0 Å². The summed E-state index contributed by atoms with van der Waals surface area (Å²) in [5, 5.41) is 14.3. The molecule has 4 heteroatoms. The highest BCUT2D eigenvalue weighted by atomic mass is 32.1. The van der Waals surface area contributed by atoms with Crippen LogP contribution < -0.4 is 5.32 Å². The highest BCUT2D eigenvalue weighted by Crippen LogP contribution is 2.12. The van der Waals surface area contributed by atoms with E-state index in [-0.39, 0.29) is 12.6 Å². The number of aromatic nitrogens is 1. The van der Waals surface area contributed by atoms with Gasteiger partial charge in [0.05, 0.1) is 23.9 Å². The lowest BCUT2D eigenvalue weighted by molar-refractivity contribution is 0.239. The second kappa shape index (κ2) is 5.32. The first-order valence-electron chi connectivity index (χ1n) is 4.46. The number of hydrogen-bond acceptors (Lipinski definition) is 4. The second-order valence-electron chi connectivity index (χ2n) is 3.45. The van der Waals surface area contributed by atoms with Crippen molar-refractivity contribution in [1.29, 1.82) is 0 Å². The molecule has 0 radical (unpaired) electrons. The van der Waals surface area contributed by atoms with Crippen LogP contribution in [0.25, 0.3) is 0 Å². The van der Waals surface area contributed by atoms with Crippen LogP contribution in [-0.4, -0.2) is 23.2 Å². The van der Waals surface area contributed by atoms with Gasteiger partial charge in [0.25, 0.3) is 0 Å². The highest BCUT2D eigenvalue weighted by molar-refractivity contribution is 7.07. The fourth-order valence-electron chi connectivity index (χ4n) is 1.03. The maximum atomic E-state index is 9.11. The van der Waals surface area contributed by atoms with E-state index in [1.54, 1.807) is 16.8 Å². The topological polar surface area (TPSA) is 45.1 Å². The van der Waals surface area contributed by atoms with E-state index in [0.29, 0.717) is 5.92 Å². The zero-order valence-corrected chi connectivity index (χ0v) is 8.84. The molecule has 0 fully saturated rings. The predicted molar refractivity (Wildman–Crippen MR) is 54.8 cm³/mol. The Bertz CT molecular complexity index is 224. The number of rotatable bonds is 5. The van der Waals surface area contributed by atoms with Gasteiger partial charge in [-0.1, -0.05) is 13.8 Å². The number of thiazole rings is 1. The Balaban J connectivity index is 2.44. The fourth-order valence-corrected chi connectivity index (χ4v) is 1.64. The third-order valence-corrected chi connectivity index (χ3v) is 2.37. The molecule has 2 N–H and O–H groups in total. The Labute approximate surface area is 82.8 Å². The van der Waals surface area contributed by atoms with Gasteiger partial charge in [0, 0.05) is 5.38 Å². The van der Waals surface area contributed by atoms with E-state index < -0.39 is 0 Å². The van der Waals surface area contributed by atoms with Gasteiger partial charge in [-0.05, 0) is 12.5 Å². The first-order chi connectivity index (χ1) is 6.24. The zero-order valence-electron chi connectivity index (χ0n) is 8.03. The number of nitrogens with zero attached hydrogens (tertiary/aromatic N) is 1. The zero-order chi connectivity index (χ0) is 9.68. The van der Waals surface area contributed by atoms with Crippen molar-refractivity contribution in [3.05, 3.63) is 16.6 Å². The summed E-state index contributed by atoms with van der Waals surface area (Å²) >= 11 is 1.56. The number of hydrogen-bond donors (Lipinski definition) is 2. The minimum atomic E-state index is -0.00588. The lowest BCUT2D eigenvalue weighted by Crippen LogP contribution is -2.28. The van der Waals surface area contributed by atoms with Gasteiger partial charge in [-0.15, -0.1) is 11.3 Å². The van der Waals surface area contributed by atoms with E-state index in [4.69, 9.17) is 5.11 Å². The molecule has 0 aliphatic heterocycles. The van der Waals surface area contributed by atoms with E-state index in [0.717, 1.165) is 12.2 Å². The molecule has 13 heavy (non-hydrogen) atoms. The van der Waals surface area contributed by atoms with Gasteiger partial charge in [-0.25, -0.2) is 4.98 Å². The number of nitrogens with one attached hydrogen (secondary N) is 1. The maximum Gasteiger partial charge on any atom is 0.0795 e. The van der Waals surface area contributed by atoms with Gasteiger partial charge >= 0.3 is 0 Å². The summed E-state index contributed by atoms with van der Waals surface area (Å²) in [6.07, 6.45) is 0. The molecule has 1 aromatic rings. The molecule has 0 saturated heterocycles. The van der Waals surface area contributed by atoms with E-state index in [1.165, 1.54) is 0 Å². The Kier molecular flexibility index (Phi) is 4.35. The normalized spacial score (nSPS) is 13.5. The molecule has 0 bridgehead atoms. The van der Waals surface area contributed by atoms with E-state index >= 15 is 0 Å². The molecule has 74 valence electrons. The first kappa shape index (κ1) is 10.6. The minimum absolute atomic E-state index is 0.00588. The van der Waals surface area contributed by atoms with Gasteiger partial charge in [-0.2, -0.15) is 0 Å². The third-order valence-electron chi connectivity index (χ3n) is 1.76. The van der Waals surface area contributed by atoms with Crippen LogP contribution in [0.4, 0.5) is 0 Å². The SMILES string of the molecule is CC(C)CNC(CO)c1cscn1. The lowest BCUT2D eigenvalue weighted by atomic mass is 10.2. The van der Waals surface area contributed by atoms with Crippen molar-refractivity contribution in [3.8, 4) is 0 Å². The van der Waals surface area contributed by atoms with Crippen molar-refractivity contribution in [3.63, 3.8) is 0 Å². The molecule has 1 atom stereocenters. The second-order valence-corrected chi connectivity index (χ2v) is 4.17. The van der Waals surface area contributed by atoms with Crippen LogP contribution in [0.3, 0.4) is 0 Å². The molecule has 3 nitrogen and oxygen atoms in total. The van der Waals surface area contributed by atoms with Crippen molar-refractivity contribution < 1.29 is 5.11 Å². The molecule has 1 heterocycles. The summed E-state index contributed by atoms with van der Waals surface area (Å²) in [5.74, 6) is 0.590. The van der Waals surface area contributed by atoms with Gasteiger partial charge in [0.1, 0.15) is 0 Å². The summed E-state index contributed by atoms with van der Waals surface area (Å²) in [6, 6.07) is -0.00588. The van der Waals surface area contributed by atoms with Crippen molar-refractivity contribution >= 4 is 11.3 Å². The first-order valence-corrected chi connectivity index (χ1v) is 5.40. The molecular weight excluding hydrogens is 184 g/mol. The van der Waals surface area contributed by atoms with Crippen molar-refractivity contribution in [2.75, 3.05) is 13.2 Å². The smallest absolute Gasteiger partial charge is 0.0795 e. The van der Waals surface area contributed by atoms with E-state index in [1.807, 2.05) is 5.38 Å². The fraction of sp³-hybridized carbons (Fsp3) is 0.667. The standard InChI is InChI=1S/C9H16N2OS/c1-7(2)3-10-8(4-12)9-5-13-6-11-9/h5-8,10,12H,3-4H2,1-2H3. The highest BCUT2D eigenvalue weighted by Gasteiger charge is 2.11. The van der Waals surface area contributed by atoms with E-state index in [9.17, 15) is 0 Å². The minimum Gasteiger partial charge on any atom is -0.394 e. The molecular formula is C9H16N2OS. The molecule has 0 aliphatic carbocycles. The molecule has 0 saturated carbocycles. The van der Waals surface area contributed by atoms with Crippen LogP contribution in [0.15, 0.2) is 10.9 Å². The van der Waals surface area contributed by atoms with Gasteiger partial charge in [0.2, 0.25) is 0 Å². The van der Waals surface area contributed by atoms with Crippen molar-refractivity contribution in [2.45, 2.75) is 19.9 Å². The third kappa shape index (κ3) is 3.42. The molecule has 0 aromatic carbocycles. The molecule has 0 aliphatic rings. The Morgan fingerprint density at radius 3 is 2.85 bits per heavy atom. The van der Waals surface area contributed by atoms with Crippen LogP contribution in [-0.2, 0) is 0 Å². The largest absolute Gasteiger partial charge is 0.394 e. The van der Waals surface area contributed by atoms with E-state index in [2.05, 4.69) is 24.1 Å². The van der Waals surface area contributed by atoms with Crippen molar-refractivity contribution in [2.24, 2.45) is 5.92 Å². The summed E-state index contributed by atoms with van der Waals surface area (Å²) < 4.78 is 0. The summed E-state index contributed by atoms with van der Waals surface area (Å²) in [4.78, 5) is 4.16. The van der Waals surface area contributed by atoms with Gasteiger partial charge in [0.15, 0.2) is 0 Å².